The van der Waals surface area contributed by atoms with E-state index in [1.165, 1.54) is 17.3 Å². The topological polar surface area (TPSA) is 12.4 Å². The van der Waals surface area contributed by atoms with Gasteiger partial charge in [-0.15, -0.1) is 0 Å². The fraction of sp³-hybridized carbons (Fsp3) is 0.312. The summed E-state index contributed by atoms with van der Waals surface area (Å²) in [6.45, 7) is 10.3. The number of aliphatic imine (C=N–C) groups is 1. The number of benzene rings is 1. The first-order valence-electron chi connectivity index (χ1n) is 6.53. The summed E-state index contributed by atoms with van der Waals surface area (Å²) in [5.41, 5.74) is 2.22. The van der Waals surface area contributed by atoms with Crippen LogP contribution in [0.3, 0.4) is 0 Å². The fourth-order valence-electron chi connectivity index (χ4n) is 1.27. The summed E-state index contributed by atoms with van der Waals surface area (Å²) in [5, 5.41) is 2.00. The predicted molar refractivity (Wildman–Crippen MR) is 93.2 cm³/mol. The molecular formula is C16H19Cl2NS. The van der Waals surface area contributed by atoms with Gasteiger partial charge in [-0.05, 0) is 37.5 Å². The Balaban J connectivity index is 3.08. The molecule has 0 aliphatic rings. The van der Waals surface area contributed by atoms with Crippen molar-refractivity contribution in [2.75, 3.05) is 0 Å². The first kappa shape index (κ1) is 17.4. The number of hydrogen-bond donors (Lipinski definition) is 0. The van der Waals surface area contributed by atoms with Crippen LogP contribution in [-0.2, 0) is 0 Å². The minimum Gasteiger partial charge on any atom is -0.249 e. The Morgan fingerprint density at radius 3 is 2.60 bits per heavy atom. The maximum absolute atomic E-state index is 6.22. The van der Waals surface area contributed by atoms with Gasteiger partial charge in [0.05, 0.1) is 10.0 Å². The van der Waals surface area contributed by atoms with Crippen molar-refractivity contribution in [3.05, 3.63) is 52.2 Å². The molecule has 0 fully saturated rings. The van der Waals surface area contributed by atoms with Gasteiger partial charge in [-0.3, -0.25) is 0 Å². The van der Waals surface area contributed by atoms with Crippen molar-refractivity contribution >= 4 is 40.0 Å². The Labute approximate surface area is 135 Å². The Morgan fingerprint density at radius 1 is 1.30 bits per heavy atom. The molecule has 0 aliphatic carbocycles. The van der Waals surface area contributed by atoms with E-state index in [1.54, 1.807) is 6.07 Å². The quantitative estimate of drug-likeness (QED) is 0.330. The monoisotopic (exact) mass is 327 g/mol. The highest BCUT2D eigenvalue weighted by Crippen LogP contribution is 2.35. The van der Waals surface area contributed by atoms with Gasteiger partial charge in [0.15, 0.2) is 0 Å². The van der Waals surface area contributed by atoms with Crippen LogP contribution >= 0.6 is 35.0 Å². The lowest BCUT2D eigenvalue weighted by molar-refractivity contribution is 1.09. The highest BCUT2D eigenvalue weighted by atomic mass is 35.5. The van der Waals surface area contributed by atoms with E-state index in [9.17, 15) is 0 Å². The molecule has 1 nitrogen and oxygen atoms in total. The van der Waals surface area contributed by atoms with Gasteiger partial charge in [0.1, 0.15) is 5.04 Å². The molecule has 0 N–H and O–H groups in total. The molecule has 0 unspecified atom stereocenters. The van der Waals surface area contributed by atoms with E-state index < -0.39 is 0 Å². The summed E-state index contributed by atoms with van der Waals surface area (Å²) in [6, 6.07) is 5.60. The molecular weight excluding hydrogens is 309 g/mol. The standard InChI is InChI=1S/C16H19Cl2NS/c1-5-11(3)10-19-16(12(4)6-2)20-14-9-7-8-13(17)15(14)18/h7-10H,4-6H2,1-3H3/b11-10-,19-16?. The molecule has 4 heteroatoms. The number of allylic oxidation sites excluding steroid dienone is 1. The zero-order chi connectivity index (χ0) is 15.1. The zero-order valence-corrected chi connectivity index (χ0v) is 14.4. The summed E-state index contributed by atoms with van der Waals surface area (Å²) < 4.78 is 0. The minimum absolute atomic E-state index is 0.554. The molecule has 0 amide bonds. The average molecular weight is 328 g/mol. The van der Waals surface area contributed by atoms with Gasteiger partial charge in [-0.1, -0.05) is 67.0 Å². The second-order valence-electron chi connectivity index (χ2n) is 4.37. The van der Waals surface area contributed by atoms with E-state index >= 15 is 0 Å². The third kappa shape index (κ3) is 5.01. The third-order valence-corrected chi connectivity index (χ3v) is 4.89. The lowest BCUT2D eigenvalue weighted by Crippen LogP contribution is -1.96. The summed E-state index contributed by atoms with van der Waals surface area (Å²) in [6.07, 6.45) is 3.72. The molecule has 0 aliphatic heterocycles. The van der Waals surface area contributed by atoms with Crippen LogP contribution in [0.1, 0.15) is 33.6 Å². The molecule has 20 heavy (non-hydrogen) atoms. The molecule has 1 aromatic carbocycles. The zero-order valence-electron chi connectivity index (χ0n) is 12.0. The first-order valence-corrected chi connectivity index (χ1v) is 8.10. The summed E-state index contributed by atoms with van der Waals surface area (Å²) in [5.74, 6) is 0. The molecule has 108 valence electrons. The van der Waals surface area contributed by atoms with Crippen LogP contribution in [0.4, 0.5) is 0 Å². The lowest BCUT2D eigenvalue weighted by atomic mass is 10.2. The van der Waals surface area contributed by atoms with Crippen molar-refractivity contribution in [1.82, 2.24) is 0 Å². The summed E-state index contributed by atoms with van der Waals surface area (Å²) in [7, 11) is 0. The maximum atomic E-state index is 6.22. The smallest absolute Gasteiger partial charge is 0.103 e. The number of rotatable bonds is 5. The van der Waals surface area contributed by atoms with Crippen LogP contribution in [-0.4, -0.2) is 5.04 Å². The van der Waals surface area contributed by atoms with E-state index in [4.69, 9.17) is 23.2 Å². The summed E-state index contributed by atoms with van der Waals surface area (Å²) in [4.78, 5) is 5.45. The molecule has 0 saturated heterocycles. The molecule has 1 aromatic rings. The highest BCUT2D eigenvalue weighted by Gasteiger charge is 2.10. The van der Waals surface area contributed by atoms with Gasteiger partial charge in [0, 0.05) is 11.1 Å². The number of hydrogen-bond acceptors (Lipinski definition) is 2. The van der Waals surface area contributed by atoms with Crippen LogP contribution < -0.4 is 0 Å². The van der Waals surface area contributed by atoms with E-state index in [0.717, 1.165) is 28.4 Å². The minimum atomic E-state index is 0.554. The Morgan fingerprint density at radius 2 is 2.00 bits per heavy atom. The van der Waals surface area contributed by atoms with Crippen LogP contribution in [0.25, 0.3) is 0 Å². The Kier molecular flexibility index (Phi) is 7.42. The predicted octanol–water partition coefficient (Wildman–Crippen LogP) is 6.76. The molecule has 0 bridgehead atoms. The van der Waals surface area contributed by atoms with Crippen LogP contribution in [0.2, 0.25) is 10.0 Å². The highest BCUT2D eigenvalue weighted by molar-refractivity contribution is 8.14. The molecule has 0 heterocycles. The fourth-order valence-corrected chi connectivity index (χ4v) is 2.69. The van der Waals surface area contributed by atoms with Gasteiger partial charge in [0.25, 0.3) is 0 Å². The molecule has 1 rings (SSSR count). The number of nitrogens with zero attached hydrogens (tertiary/aromatic N) is 1. The van der Waals surface area contributed by atoms with Gasteiger partial charge in [-0.25, -0.2) is 4.99 Å². The van der Waals surface area contributed by atoms with Gasteiger partial charge in [-0.2, -0.15) is 0 Å². The first-order chi connectivity index (χ1) is 9.49. The van der Waals surface area contributed by atoms with Gasteiger partial charge in [0.2, 0.25) is 0 Å². The second kappa shape index (κ2) is 8.56. The van der Waals surface area contributed by atoms with Gasteiger partial charge >= 0.3 is 0 Å². The maximum Gasteiger partial charge on any atom is 0.103 e. The average Bonchev–Trinajstić information content (AvgIpc) is 2.46. The van der Waals surface area contributed by atoms with Crippen LogP contribution in [0.15, 0.2) is 52.0 Å². The Bertz CT molecular complexity index is 547. The van der Waals surface area contributed by atoms with Crippen molar-refractivity contribution in [2.24, 2.45) is 4.99 Å². The van der Waals surface area contributed by atoms with E-state index in [1.807, 2.05) is 18.3 Å². The normalized spacial score (nSPS) is 12.7. The van der Waals surface area contributed by atoms with Crippen molar-refractivity contribution < 1.29 is 0 Å². The van der Waals surface area contributed by atoms with Gasteiger partial charge < -0.3 is 0 Å². The van der Waals surface area contributed by atoms with Crippen molar-refractivity contribution in [3.63, 3.8) is 0 Å². The summed E-state index contributed by atoms with van der Waals surface area (Å²) >= 11 is 13.8. The molecule has 0 aromatic heterocycles. The van der Waals surface area contributed by atoms with E-state index in [-0.39, 0.29) is 0 Å². The van der Waals surface area contributed by atoms with Crippen molar-refractivity contribution in [2.45, 2.75) is 38.5 Å². The lowest BCUT2D eigenvalue weighted by Gasteiger charge is -2.09. The SMILES string of the molecule is C=C(CC)C(=N/C=C(/C)CC)Sc1cccc(Cl)c1Cl. The molecule has 0 radical (unpaired) electrons. The number of thioether (sulfide) groups is 1. The van der Waals surface area contributed by atoms with Crippen LogP contribution in [0.5, 0.6) is 0 Å². The number of halogens is 2. The van der Waals surface area contributed by atoms with Crippen LogP contribution in [0, 0.1) is 0 Å². The van der Waals surface area contributed by atoms with E-state index in [2.05, 4.69) is 32.3 Å². The largest absolute Gasteiger partial charge is 0.249 e. The molecule has 0 spiro atoms. The van der Waals surface area contributed by atoms with E-state index in [0.29, 0.717) is 10.0 Å². The molecule has 0 atom stereocenters. The Hall–Kier alpha value is -0.700. The van der Waals surface area contributed by atoms with Crippen molar-refractivity contribution in [1.29, 1.82) is 0 Å². The third-order valence-electron chi connectivity index (χ3n) is 2.81. The second-order valence-corrected chi connectivity index (χ2v) is 6.19. The molecule has 0 saturated carbocycles. The van der Waals surface area contributed by atoms with Crippen molar-refractivity contribution in [3.8, 4) is 0 Å².